The number of carboxylic acid groups (broad SMARTS) is 1. The van der Waals surface area contributed by atoms with Crippen LogP contribution in [0.1, 0.15) is 117 Å². The lowest BCUT2D eigenvalue weighted by atomic mass is 9.30. The topological polar surface area (TPSA) is 138 Å². The van der Waals surface area contributed by atoms with E-state index in [2.05, 4.69) is 34.6 Å². The van der Waals surface area contributed by atoms with Gasteiger partial charge in [-0.3, -0.25) is 9.59 Å². The molecular formula is C42H53NO9. The number of benzene rings is 1. The molecule has 4 saturated carbocycles. The predicted octanol–water partition coefficient (Wildman–Crippen LogP) is 7.73. The zero-order valence-corrected chi connectivity index (χ0v) is 31.6. The van der Waals surface area contributed by atoms with Crippen LogP contribution in [0.5, 0.6) is 0 Å². The second-order valence-electron chi connectivity index (χ2n) is 18.7. The van der Waals surface area contributed by atoms with Crippen LogP contribution in [0.4, 0.5) is 4.79 Å². The molecule has 0 radical (unpaired) electrons. The van der Waals surface area contributed by atoms with Crippen molar-refractivity contribution < 1.29 is 43.2 Å². The van der Waals surface area contributed by atoms with Gasteiger partial charge in [-0.1, -0.05) is 51.5 Å². The molecule has 0 bridgehead atoms. The van der Waals surface area contributed by atoms with Gasteiger partial charge in [0.25, 0.3) is 0 Å². The summed E-state index contributed by atoms with van der Waals surface area (Å²) < 4.78 is 23.4. The molecule has 52 heavy (non-hydrogen) atoms. The number of carbonyl (C=O) groups is 4. The second-order valence-corrected chi connectivity index (χ2v) is 18.7. The number of cyclic esters (lactones) is 2. The first-order chi connectivity index (χ1) is 24.4. The standard InChI is InChI=1S/C42H53NO9/c1-24-29(51-35(48)50-24)23-49-33-41(7)30(52-32(45)25-11-9-8-10-12-25)13-14-40(6)31-28(44)21-26-27-22-37(3,34(46)47)16-15-36(27,2)17-18-38(26,4)39(31,5)19-20-42(40,41)43-33/h8-12,21,24,27,29-31H,13-20,22-23H2,1-7H3,(H,46,47)/t24?,27-,29?,30-,31-,36+,37-,38+,39+,40+,41-,42-/m0/s1. The van der Waals surface area contributed by atoms with E-state index < -0.39 is 63.6 Å². The summed E-state index contributed by atoms with van der Waals surface area (Å²) in [4.78, 5) is 58.4. The summed E-state index contributed by atoms with van der Waals surface area (Å²) in [6, 6.07) is 8.97. The zero-order valence-electron chi connectivity index (χ0n) is 31.6. The SMILES string of the molecule is CC1OC(=O)OC1COC1=N[C@@]23CC[C@]4(C)[C@H](C(=O)C=C5[C@@H]6C[C@@](C)(C(=O)O)CC[C@]6(C)CC[C@]54C)[C@@]2(C)CC[C@H](OC(=O)c2ccccc2)[C@@]13C. The van der Waals surface area contributed by atoms with Crippen molar-refractivity contribution >= 4 is 29.8 Å². The molecule has 5 aliphatic carbocycles. The van der Waals surface area contributed by atoms with Crippen LogP contribution in [0.3, 0.4) is 0 Å². The van der Waals surface area contributed by atoms with Crippen molar-refractivity contribution in [3.63, 3.8) is 0 Å². The Morgan fingerprint density at radius 1 is 0.904 bits per heavy atom. The number of aliphatic imine (C=N–C) groups is 1. The van der Waals surface area contributed by atoms with Crippen molar-refractivity contribution in [2.75, 3.05) is 6.61 Å². The summed E-state index contributed by atoms with van der Waals surface area (Å²) in [5.41, 5.74) is -2.09. The Labute approximate surface area is 306 Å². The van der Waals surface area contributed by atoms with Gasteiger partial charge >= 0.3 is 18.1 Å². The van der Waals surface area contributed by atoms with E-state index in [4.69, 9.17) is 23.9 Å². The average molecular weight is 716 g/mol. The van der Waals surface area contributed by atoms with Crippen molar-refractivity contribution in [3.05, 3.63) is 47.5 Å². The molecule has 280 valence electrons. The molecule has 10 nitrogen and oxygen atoms in total. The molecule has 0 aromatic heterocycles. The van der Waals surface area contributed by atoms with Crippen molar-refractivity contribution in [3.8, 4) is 0 Å². The van der Waals surface area contributed by atoms with E-state index in [-0.39, 0.29) is 35.1 Å². The van der Waals surface area contributed by atoms with Crippen LogP contribution >= 0.6 is 0 Å². The highest BCUT2D eigenvalue weighted by molar-refractivity contribution is 5.98. The van der Waals surface area contributed by atoms with Gasteiger partial charge in [0.2, 0.25) is 0 Å². The molecule has 5 fully saturated rings. The van der Waals surface area contributed by atoms with E-state index in [0.29, 0.717) is 43.6 Å². The van der Waals surface area contributed by atoms with Crippen LogP contribution in [0.2, 0.25) is 0 Å². The Kier molecular flexibility index (Phi) is 7.59. The molecule has 2 unspecified atom stereocenters. The van der Waals surface area contributed by atoms with Gasteiger partial charge in [0.05, 0.1) is 16.5 Å². The number of hydrogen-bond donors (Lipinski definition) is 1. The highest BCUT2D eigenvalue weighted by Gasteiger charge is 2.81. The van der Waals surface area contributed by atoms with Crippen LogP contribution in [0, 0.1) is 44.3 Å². The smallest absolute Gasteiger partial charge is 0.481 e. The van der Waals surface area contributed by atoms with Crippen LogP contribution in [-0.2, 0) is 28.5 Å². The molecule has 7 aliphatic rings. The minimum atomic E-state index is -0.846. The van der Waals surface area contributed by atoms with Gasteiger partial charge in [-0.05, 0) is 119 Å². The first-order valence-corrected chi connectivity index (χ1v) is 19.2. The molecule has 0 amide bonds. The summed E-state index contributed by atoms with van der Waals surface area (Å²) in [5.74, 6) is -0.914. The van der Waals surface area contributed by atoms with Gasteiger partial charge in [-0.2, -0.15) is 0 Å². The molecule has 12 atom stereocenters. The molecule has 1 spiro atoms. The number of ketones is 1. The number of carboxylic acids is 1. The summed E-state index contributed by atoms with van der Waals surface area (Å²) in [7, 11) is 0. The average Bonchev–Trinajstić information content (AvgIpc) is 3.42. The first kappa shape index (κ1) is 35.3. The van der Waals surface area contributed by atoms with Crippen molar-refractivity contribution in [2.24, 2.45) is 49.3 Å². The Morgan fingerprint density at radius 2 is 1.62 bits per heavy atom. The van der Waals surface area contributed by atoms with Crippen LogP contribution in [0.25, 0.3) is 0 Å². The molecule has 1 N–H and O–H groups in total. The van der Waals surface area contributed by atoms with Crippen molar-refractivity contribution in [1.29, 1.82) is 0 Å². The maximum Gasteiger partial charge on any atom is 0.509 e. The highest BCUT2D eigenvalue weighted by Crippen LogP contribution is 2.78. The summed E-state index contributed by atoms with van der Waals surface area (Å²) in [6.45, 7) is 15.0. The molecule has 1 aromatic carbocycles. The maximum atomic E-state index is 15.0. The number of allylic oxidation sites excluding steroid dienone is 2. The van der Waals surface area contributed by atoms with Gasteiger partial charge in [0, 0.05) is 11.3 Å². The number of rotatable bonds is 5. The van der Waals surface area contributed by atoms with Gasteiger partial charge in [-0.15, -0.1) is 0 Å². The number of fused-ring (bicyclic) bond motifs is 6. The Balaban J connectivity index is 1.18. The monoisotopic (exact) mass is 715 g/mol. The fraction of sp³-hybridized carbons (Fsp3) is 0.690. The van der Waals surface area contributed by atoms with E-state index in [1.165, 1.54) is 0 Å². The fourth-order valence-electron chi connectivity index (χ4n) is 12.7. The van der Waals surface area contributed by atoms with Crippen LogP contribution in [0.15, 0.2) is 47.0 Å². The van der Waals surface area contributed by atoms with Gasteiger partial charge in [0.15, 0.2) is 17.8 Å². The first-order valence-electron chi connectivity index (χ1n) is 19.2. The summed E-state index contributed by atoms with van der Waals surface area (Å²) in [6.07, 6.45) is 6.15. The maximum absolute atomic E-state index is 15.0. The van der Waals surface area contributed by atoms with E-state index in [1.54, 1.807) is 19.1 Å². The number of esters is 1. The zero-order chi connectivity index (χ0) is 37.3. The van der Waals surface area contributed by atoms with Crippen molar-refractivity contribution in [1.82, 2.24) is 0 Å². The minimum absolute atomic E-state index is 0.0303. The van der Waals surface area contributed by atoms with Crippen LogP contribution in [-0.4, -0.2) is 65.3 Å². The summed E-state index contributed by atoms with van der Waals surface area (Å²) >= 11 is 0. The normalized spacial score (nSPS) is 47.3. The van der Waals surface area contributed by atoms with E-state index in [1.807, 2.05) is 31.2 Å². The van der Waals surface area contributed by atoms with Crippen LogP contribution < -0.4 is 0 Å². The lowest BCUT2D eigenvalue weighted by Gasteiger charge is -2.75. The molecule has 1 saturated heterocycles. The largest absolute Gasteiger partial charge is 0.509 e. The molecule has 8 rings (SSSR count). The van der Waals surface area contributed by atoms with Gasteiger partial charge < -0.3 is 24.1 Å². The molecule has 10 heteroatoms. The number of nitrogens with zero attached hydrogens (tertiary/aromatic N) is 1. The number of ether oxygens (including phenoxy) is 4. The third-order valence-electron chi connectivity index (χ3n) is 16.4. The Morgan fingerprint density at radius 3 is 2.29 bits per heavy atom. The lowest BCUT2D eigenvalue weighted by Crippen LogP contribution is -2.80. The summed E-state index contributed by atoms with van der Waals surface area (Å²) in [5, 5.41) is 10.3. The fourth-order valence-corrected chi connectivity index (χ4v) is 12.7. The number of carbonyl (C=O) groups excluding carboxylic acids is 3. The number of hydrogen-bond acceptors (Lipinski definition) is 9. The van der Waals surface area contributed by atoms with E-state index >= 15 is 4.79 Å². The second kappa shape index (κ2) is 11.2. The third-order valence-corrected chi connectivity index (χ3v) is 16.4. The van der Waals surface area contributed by atoms with E-state index in [9.17, 15) is 19.5 Å². The molecule has 2 aliphatic heterocycles. The number of aliphatic carboxylic acids is 1. The molecule has 1 aromatic rings. The van der Waals surface area contributed by atoms with Gasteiger partial charge in [-0.25, -0.2) is 14.6 Å². The Hall–Kier alpha value is -3.69. The highest BCUT2D eigenvalue weighted by atomic mass is 16.8. The minimum Gasteiger partial charge on any atom is -0.481 e. The van der Waals surface area contributed by atoms with E-state index in [0.717, 1.165) is 31.3 Å². The predicted molar refractivity (Wildman–Crippen MR) is 190 cm³/mol. The van der Waals surface area contributed by atoms with Crippen molar-refractivity contribution in [2.45, 2.75) is 130 Å². The third kappa shape index (κ3) is 4.38. The molecule has 2 heterocycles. The lowest BCUT2D eigenvalue weighted by molar-refractivity contribution is -0.215. The van der Waals surface area contributed by atoms with Gasteiger partial charge in [0.1, 0.15) is 24.2 Å². The molecular weight excluding hydrogens is 662 g/mol. The quantitative estimate of drug-likeness (QED) is 0.304. The Bertz CT molecular complexity index is 1810.